The second-order valence-corrected chi connectivity index (χ2v) is 9.25. The van der Waals surface area contributed by atoms with Crippen molar-refractivity contribution in [2.24, 2.45) is 11.3 Å². The summed E-state index contributed by atoms with van der Waals surface area (Å²) in [4.78, 5) is 52.1. The third kappa shape index (κ3) is 5.39. The topological polar surface area (TPSA) is 129 Å². The van der Waals surface area contributed by atoms with Gasteiger partial charge in [-0.1, -0.05) is 19.8 Å². The number of rotatable bonds is 10. The van der Waals surface area contributed by atoms with Gasteiger partial charge in [-0.15, -0.1) is 0 Å². The number of pyridine rings is 1. The minimum absolute atomic E-state index is 0.0189. The van der Waals surface area contributed by atoms with Crippen molar-refractivity contribution in [2.45, 2.75) is 51.5 Å². The van der Waals surface area contributed by atoms with Crippen molar-refractivity contribution >= 4 is 24.2 Å². The summed E-state index contributed by atoms with van der Waals surface area (Å²) in [5.74, 6) is -0.931. The zero-order valence-corrected chi connectivity index (χ0v) is 19.3. The predicted octanol–water partition coefficient (Wildman–Crippen LogP) is 2.51. The Kier molecular flexibility index (Phi) is 7.16. The zero-order chi connectivity index (χ0) is 24.1. The smallest absolute Gasteiger partial charge is 0.249 e. The van der Waals surface area contributed by atoms with E-state index in [1.807, 2.05) is 13.0 Å². The molecule has 0 radical (unpaired) electrons. The lowest BCUT2D eigenvalue weighted by atomic mass is 9.99. The van der Waals surface area contributed by atoms with Gasteiger partial charge in [0.25, 0.3) is 0 Å². The number of anilines is 1. The predicted molar refractivity (Wildman–Crippen MR) is 123 cm³/mol. The van der Waals surface area contributed by atoms with E-state index in [9.17, 15) is 19.6 Å². The van der Waals surface area contributed by atoms with E-state index >= 15 is 0 Å². The van der Waals surface area contributed by atoms with E-state index in [1.165, 1.54) is 0 Å². The molecular formula is C24H30N6O4. The molecule has 2 aromatic heterocycles. The zero-order valence-electron chi connectivity index (χ0n) is 19.3. The van der Waals surface area contributed by atoms with Crippen LogP contribution in [0.4, 0.5) is 5.95 Å². The summed E-state index contributed by atoms with van der Waals surface area (Å²) in [5.41, 5.74) is 1.42. The standard InChI is InChI=1S/C24H30N6O4/c1-2-3-5-18(14-29(34)16-31)22(33)30-15-24(8-9-24)12-20(30)21(32)28-23-26-11-7-19(27-23)17-6-4-10-25-13-17/h4,6-7,10-11,13,16,18,20,34H,2-3,5,8-9,12,14-15H2,1H3,(H,26,27,28,32)/t18-,20+/m1/s1. The van der Waals surface area contributed by atoms with Crippen molar-refractivity contribution in [2.75, 3.05) is 18.4 Å². The highest BCUT2D eigenvalue weighted by molar-refractivity contribution is 5.97. The highest BCUT2D eigenvalue weighted by atomic mass is 16.5. The first-order valence-corrected chi connectivity index (χ1v) is 11.7. The third-order valence-electron chi connectivity index (χ3n) is 6.68. The summed E-state index contributed by atoms with van der Waals surface area (Å²) in [6.07, 6.45) is 9.98. The molecule has 2 aromatic rings. The van der Waals surface area contributed by atoms with Gasteiger partial charge in [0.1, 0.15) is 6.04 Å². The van der Waals surface area contributed by atoms with Crippen LogP contribution in [0.15, 0.2) is 36.8 Å². The molecule has 1 spiro atoms. The molecule has 10 nitrogen and oxygen atoms in total. The number of unbranched alkanes of at least 4 members (excludes halogenated alkanes) is 1. The van der Waals surface area contributed by atoms with Gasteiger partial charge in [0.15, 0.2) is 0 Å². The van der Waals surface area contributed by atoms with Crippen molar-refractivity contribution in [1.82, 2.24) is 24.9 Å². The normalized spacial score (nSPS) is 19.0. The van der Waals surface area contributed by atoms with Crippen molar-refractivity contribution in [3.63, 3.8) is 0 Å². The number of carbonyl (C=O) groups is 3. The van der Waals surface area contributed by atoms with E-state index in [4.69, 9.17) is 0 Å². The van der Waals surface area contributed by atoms with Gasteiger partial charge in [-0.05, 0) is 49.3 Å². The number of hydrogen-bond acceptors (Lipinski definition) is 7. The van der Waals surface area contributed by atoms with Gasteiger partial charge in [-0.2, -0.15) is 0 Å². The largest absolute Gasteiger partial charge is 0.330 e. The Morgan fingerprint density at radius 3 is 2.85 bits per heavy atom. The quantitative estimate of drug-likeness (QED) is 0.313. The second-order valence-electron chi connectivity index (χ2n) is 9.25. The molecule has 2 aliphatic rings. The summed E-state index contributed by atoms with van der Waals surface area (Å²) in [7, 11) is 0. The molecule has 0 bridgehead atoms. The maximum Gasteiger partial charge on any atom is 0.249 e. The first-order valence-electron chi connectivity index (χ1n) is 11.7. The highest BCUT2D eigenvalue weighted by Crippen LogP contribution is 2.55. The van der Waals surface area contributed by atoms with Crippen LogP contribution in [0, 0.1) is 11.3 Å². The fourth-order valence-electron chi connectivity index (χ4n) is 4.60. The second kappa shape index (κ2) is 10.3. The molecule has 4 rings (SSSR count). The number of amides is 3. The SMILES string of the molecule is CCCC[C@H](CN(O)C=O)C(=O)N1CC2(CC2)C[C@H]1C(=O)Nc1nccc(-c2cccnc2)n1. The van der Waals surface area contributed by atoms with Crippen LogP contribution in [0.2, 0.25) is 0 Å². The van der Waals surface area contributed by atoms with E-state index in [2.05, 4.69) is 20.3 Å². The summed E-state index contributed by atoms with van der Waals surface area (Å²) < 4.78 is 0. The molecule has 0 aromatic carbocycles. The minimum atomic E-state index is -0.645. The lowest BCUT2D eigenvalue weighted by Gasteiger charge is -2.29. The Morgan fingerprint density at radius 2 is 2.18 bits per heavy atom. The average Bonchev–Trinajstić information content (AvgIpc) is 3.51. The van der Waals surface area contributed by atoms with Gasteiger partial charge in [-0.3, -0.25) is 29.9 Å². The van der Waals surface area contributed by atoms with Crippen LogP contribution in [0.5, 0.6) is 0 Å². The highest BCUT2D eigenvalue weighted by Gasteiger charge is 2.55. The summed E-state index contributed by atoms with van der Waals surface area (Å²) in [5, 5.41) is 13.0. The summed E-state index contributed by atoms with van der Waals surface area (Å²) >= 11 is 0. The third-order valence-corrected chi connectivity index (χ3v) is 6.68. The van der Waals surface area contributed by atoms with Crippen LogP contribution in [0.25, 0.3) is 11.3 Å². The molecule has 34 heavy (non-hydrogen) atoms. The molecule has 1 saturated carbocycles. The van der Waals surface area contributed by atoms with Crippen LogP contribution >= 0.6 is 0 Å². The monoisotopic (exact) mass is 466 g/mol. The van der Waals surface area contributed by atoms with E-state index < -0.39 is 12.0 Å². The lowest BCUT2D eigenvalue weighted by Crippen LogP contribution is -2.47. The molecule has 0 unspecified atom stereocenters. The van der Waals surface area contributed by atoms with Crippen LogP contribution < -0.4 is 5.32 Å². The molecule has 3 amide bonds. The van der Waals surface area contributed by atoms with Gasteiger partial charge in [0, 0.05) is 30.7 Å². The lowest BCUT2D eigenvalue weighted by molar-refractivity contribution is -0.157. The van der Waals surface area contributed by atoms with Crippen molar-refractivity contribution in [3.8, 4) is 11.3 Å². The first-order chi connectivity index (χ1) is 16.4. The molecule has 1 saturated heterocycles. The summed E-state index contributed by atoms with van der Waals surface area (Å²) in [6, 6.07) is 4.77. The maximum atomic E-state index is 13.5. The van der Waals surface area contributed by atoms with Crippen molar-refractivity contribution in [3.05, 3.63) is 36.8 Å². The van der Waals surface area contributed by atoms with Gasteiger partial charge >= 0.3 is 0 Å². The molecular weight excluding hydrogens is 436 g/mol. The van der Waals surface area contributed by atoms with Crippen LogP contribution in [0.3, 0.4) is 0 Å². The number of carbonyl (C=O) groups excluding carboxylic acids is 3. The van der Waals surface area contributed by atoms with Gasteiger partial charge < -0.3 is 4.90 Å². The van der Waals surface area contributed by atoms with Gasteiger partial charge in [0.05, 0.1) is 18.2 Å². The van der Waals surface area contributed by atoms with Gasteiger partial charge in [-0.25, -0.2) is 15.0 Å². The Bertz CT molecular complexity index is 1030. The maximum absolute atomic E-state index is 13.5. The number of hydrogen-bond donors (Lipinski definition) is 2. The Hall–Kier alpha value is -3.40. The number of hydroxylamine groups is 2. The van der Waals surface area contributed by atoms with E-state index in [-0.39, 0.29) is 29.7 Å². The Labute approximate surface area is 198 Å². The molecule has 2 fully saturated rings. The molecule has 180 valence electrons. The molecule has 1 aliphatic heterocycles. The van der Waals surface area contributed by atoms with E-state index in [1.54, 1.807) is 35.6 Å². The van der Waals surface area contributed by atoms with Crippen LogP contribution in [-0.2, 0) is 14.4 Å². The fourth-order valence-corrected chi connectivity index (χ4v) is 4.60. The minimum Gasteiger partial charge on any atom is -0.330 e. The Balaban J connectivity index is 1.51. The molecule has 2 N–H and O–H groups in total. The van der Waals surface area contributed by atoms with Crippen molar-refractivity contribution < 1.29 is 19.6 Å². The number of nitrogens with one attached hydrogen (secondary N) is 1. The molecule has 1 aliphatic carbocycles. The van der Waals surface area contributed by atoms with Crippen molar-refractivity contribution in [1.29, 1.82) is 0 Å². The number of nitrogens with zero attached hydrogens (tertiary/aromatic N) is 5. The van der Waals surface area contributed by atoms with E-state index in [0.29, 0.717) is 36.6 Å². The van der Waals surface area contributed by atoms with Crippen LogP contribution in [0.1, 0.15) is 45.4 Å². The van der Waals surface area contributed by atoms with Gasteiger partial charge in [0.2, 0.25) is 24.2 Å². The first kappa shape index (κ1) is 23.7. The summed E-state index contributed by atoms with van der Waals surface area (Å²) in [6.45, 7) is 2.44. The Morgan fingerprint density at radius 1 is 1.35 bits per heavy atom. The number of likely N-dealkylation sites (tertiary alicyclic amines) is 1. The number of aromatic nitrogens is 3. The van der Waals surface area contributed by atoms with Crippen LogP contribution in [-0.4, -0.2) is 67.5 Å². The van der Waals surface area contributed by atoms with E-state index in [0.717, 1.165) is 31.2 Å². The fraction of sp³-hybridized carbons (Fsp3) is 0.500. The molecule has 2 atom stereocenters. The average molecular weight is 467 g/mol. The molecule has 3 heterocycles. The molecule has 10 heteroatoms.